The molecule has 0 spiro atoms. The summed E-state index contributed by atoms with van der Waals surface area (Å²) in [4.78, 5) is 2.54. The third kappa shape index (κ3) is 2.78. The van der Waals surface area contributed by atoms with Gasteiger partial charge < -0.3 is 9.53 Å². The number of rotatable bonds is 4. The fourth-order valence-electron chi connectivity index (χ4n) is 3.33. The van der Waals surface area contributed by atoms with Gasteiger partial charge in [0.25, 0.3) is 0 Å². The van der Waals surface area contributed by atoms with Gasteiger partial charge in [-0.2, -0.15) is 0 Å². The molecule has 2 heterocycles. The summed E-state index contributed by atoms with van der Waals surface area (Å²) < 4.78 is 6.39. The van der Waals surface area contributed by atoms with Gasteiger partial charge >= 0.3 is 0 Å². The monoisotopic (exact) mass is 285 g/mol. The lowest BCUT2D eigenvalue weighted by Crippen LogP contribution is -2.49. The molecule has 0 amide bonds. The first-order valence-corrected chi connectivity index (χ1v) is 10.6. The minimum Gasteiger partial charge on any atom is -0.415 e. The van der Waals surface area contributed by atoms with E-state index >= 15 is 0 Å². The molecule has 4 heteroatoms. The zero-order valence-electron chi connectivity index (χ0n) is 13.3. The van der Waals surface area contributed by atoms with E-state index in [1.54, 1.807) is 0 Å². The van der Waals surface area contributed by atoms with Crippen LogP contribution in [-0.4, -0.2) is 49.7 Å². The molecule has 2 aliphatic rings. The Hall–Kier alpha value is 0.0969. The van der Waals surface area contributed by atoms with Crippen molar-refractivity contribution in [3.63, 3.8) is 0 Å². The van der Waals surface area contributed by atoms with Gasteiger partial charge in [-0.15, -0.1) is 0 Å². The summed E-state index contributed by atoms with van der Waals surface area (Å²) in [6.45, 7) is 13.9. The van der Waals surface area contributed by atoms with E-state index in [1.807, 2.05) is 0 Å². The molecule has 1 N–H and O–H groups in total. The zero-order valence-corrected chi connectivity index (χ0v) is 14.3. The molecular formula is C15H31NO2Si. The standard InChI is InChI=1S/C15H31NO2Si/c1-14(2,3)19(4,5)18-11-13-7-9-15(12-17)8-6-10-16(13)15/h13,17H,6-12H2,1-5H3. The van der Waals surface area contributed by atoms with Crippen LogP contribution in [0.5, 0.6) is 0 Å². The Morgan fingerprint density at radius 1 is 1.32 bits per heavy atom. The molecule has 0 radical (unpaired) electrons. The molecule has 2 rings (SSSR count). The van der Waals surface area contributed by atoms with E-state index in [4.69, 9.17) is 4.43 Å². The number of hydrogen-bond donors (Lipinski definition) is 1. The quantitative estimate of drug-likeness (QED) is 0.806. The normalized spacial score (nSPS) is 32.8. The van der Waals surface area contributed by atoms with Crippen LogP contribution in [-0.2, 0) is 4.43 Å². The van der Waals surface area contributed by atoms with Crippen LogP contribution in [0.3, 0.4) is 0 Å². The Morgan fingerprint density at radius 3 is 2.58 bits per heavy atom. The van der Waals surface area contributed by atoms with Crippen LogP contribution in [0.25, 0.3) is 0 Å². The van der Waals surface area contributed by atoms with Gasteiger partial charge in [-0.1, -0.05) is 20.8 Å². The topological polar surface area (TPSA) is 32.7 Å². The van der Waals surface area contributed by atoms with Gasteiger partial charge in [0.1, 0.15) is 0 Å². The zero-order chi connectivity index (χ0) is 14.3. The molecule has 3 nitrogen and oxygen atoms in total. The number of aliphatic hydroxyl groups excluding tert-OH is 1. The lowest BCUT2D eigenvalue weighted by atomic mass is 9.95. The molecule has 2 atom stereocenters. The van der Waals surface area contributed by atoms with Gasteiger partial charge in [-0.05, 0) is 50.4 Å². The Kier molecular flexibility index (Phi) is 4.18. The van der Waals surface area contributed by atoms with Crippen molar-refractivity contribution >= 4 is 8.32 Å². The Labute approximate surface area is 119 Å². The van der Waals surface area contributed by atoms with E-state index in [0.717, 1.165) is 19.6 Å². The third-order valence-electron chi connectivity index (χ3n) is 5.77. The van der Waals surface area contributed by atoms with Crippen LogP contribution in [0.4, 0.5) is 0 Å². The van der Waals surface area contributed by atoms with E-state index in [-0.39, 0.29) is 10.6 Å². The van der Waals surface area contributed by atoms with Crippen LogP contribution in [0.15, 0.2) is 0 Å². The van der Waals surface area contributed by atoms with Crippen LogP contribution in [0.2, 0.25) is 18.1 Å². The fraction of sp³-hybridized carbons (Fsp3) is 1.00. The predicted octanol–water partition coefficient (Wildman–Crippen LogP) is 3.00. The van der Waals surface area contributed by atoms with Crippen molar-refractivity contribution in [1.29, 1.82) is 0 Å². The van der Waals surface area contributed by atoms with Crippen molar-refractivity contribution < 1.29 is 9.53 Å². The maximum absolute atomic E-state index is 9.73. The number of hydrogen-bond acceptors (Lipinski definition) is 3. The lowest BCUT2D eigenvalue weighted by Gasteiger charge is -2.39. The summed E-state index contributed by atoms with van der Waals surface area (Å²) in [5.74, 6) is 0. The molecule has 0 aromatic rings. The summed E-state index contributed by atoms with van der Waals surface area (Å²) in [5.41, 5.74) is 0.0987. The molecule has 19 heavy (non-hydrogen) atoms. The molecule has 0 aliphatic carbocycles. The minimum atomic E-state index is -1.64. The highest BCUT2D eigenvalue weighted by molar-refractivity contribution is 6.74. The highest BCUT2D eigenvalue weighted by Crippen LogP contribution is 2.43. The van der Waals surface area contributed by atoms with Crippen molar-refractivity contribution in [2.24, 2.45) is 0 Å². The fourth-order valence-corrected chi connectivity index (χ4v) is 4.37. The summed E-state index contributed by atoms with van der Waals surface area (Å²) >= 11 is 0. The van der Waals surface area contributed by atoms with E-state index < -0.39 is 8.32 Å². The molecule has 0 aromatic heterocycles. The Balaban J connectivity index is 1.95. The third-order valence-corrected chi connectivity index (χ3v) is 10.3. The SMILES string of the molecule is CC(C)(C)[Si](C)(C)OCC1CCC2(CO)CCCN12. The second-order valence-corrected chi connectivity index (χ2v) is 12.8. The van der Waals surface area contributed by atoms with Gasteiger partial charge in [0.15, 0.2) is 8.32 Å². The molecule has 112 valence electrons. The van der Waals surface area contributed by atoms with Crippen molar-refractivity contribution in [3.05, 3.63) is 0 Å². The summed E-state index contributed by atoms with van der Waals surface area (Å²) in [5, 5.41) is 10.0. The van der Waals surface area contributed by atoms with Crippen LogP contribution >= 0.6 is 0 Å². The maximum atomic E-state index is 9.73. The molecule has 2 aliphatic heterocycles. The number of nitrogens with zero attached hydrogens (tertiary/aromatic N) is 1. The lowest BCUT2D eigenvalue weighted by molar-refractivity contribution is 0.0607. The Bertz CT molecular complexity index is 327. The van der Waals surface area contributed by atoms with Crippen LogP contribution in [0, 0.1) is 0 Å². The molecule has 2 fully saturated rings. The first-order chi connectivity index (χ1) is 8.72. The second kappa shape index (κ2) is 5.13. The van der Waals surface area contributed by atoms with E-state index in [9.17, 15) is 5.11 Å². The van der Waals surface area contributed by atoms with Gasteiger partial charge in [0.2, 0.25) is 0 Å². The summed E-state index contributed by atoms with van der Waals surface area (Å²) in [6.07, 6.45) is 4.74. The average molecular weight is 286 g/mol. The van der Waals surface area contributed by atoms with E-state index in [2.05, 4.69) is 38.8 Å². The van der Waals surface area contributed by atoms with Crippen molar-refractivity contribution in [2.75, 3.05) is 19.8 Å². The smallest absolute Gasteiger partial charge is 0.192 e. The molecular weight excluding hydrogens is 254 g/mol. The maximum Gasteiger partial charge on any atom is 0.192 e. The highest BCUT2D eigenvalue weighted by Gasteiger charge is 2.49. The van der Waals surface area contributed by atoms with Crippen molar-refractivity contribution in [2.45, 2.75) is 76.2 Å². The van der Waals surface area contributed by atoms with Crippen molar-refractivity contribution in [1.82, 2.24) is 4.90 Å². The molecule has 0 bridgehead atoms. The molecule has 2 saturated heterocycles. The van der Waals surface area contributed by atoms with Gasteiger partial charge in [0, 0.05) is 18.2 Å². The van der Waals surface area contributed by atoms with Crippen molar-refractivity contribution in [3.8, 4) is 0 Å². The predicted molar refractivity (Wildman–Crippen MR) is 81.9 cm³/mol. The molecule has 0 saturated carbocycles. The molecule has 0 aromatic carbocycles. The first kappa shape index (κ1) is 15.5. The van der Waals surface area contributed by atoms with E-state index in [0.29, 0.717) is 12.6 Å². The second-order valence-electron chi connectivity index (χ2n) is 7.94. The average Bonchev–Trinajstić information content (AvgIpc) is 2.83. The first-order valence-electron chi connectivity index (χ1n) is 7.73. The largest absolute Gasteiger partial charge is 0.415 e. The Morgan fingerprint density at radius 2 is 2.00 bits per heavy atom. The highest BCUT2D eigenvalue weighted by atomic mass is 28.4. The molecule has 2 unspecified atom stereocenters. The van der Waals surface area contributed by atoms with Gasteiger partial charge in [-0.25, -0.2) is 0 Å². The van der Waals surface area contributed by atoms with Gasteiger partial charge in [-0.3, -0.25) is 4.90 Å². The van der Waals surface area contributed by atoms with Crippen LogP contribution in [0.1, 0.15) is 46.5 Å². The summed E-state index contributed by atoms with van der Waals surface area (Å²) in [7, 11) is -1.64. The number of fused-ring (bicyclic) bond motifs is 1. The van der Waals surface area contributed by atoms with Crippen LogP contribution < -0.4 is 0 Å². The number of aliphatic hydroxyl groups is 1. The van der Waals surface area contributed by atoms with Gasteiger partial charge in [0.05, 0.1) is 6.61 Å². The van der Waals surface area contributed by atoms with E-state index in [1.165, 1.54) is 19.3 Å². The summed E-state index contributed by atoms with van der Waals surface area (Å²) in [6, 6.07) is 0.531. The minimum absolute atomic E-state index is 0.0987.